The van der Waals surface area contributed by atoms with Gasteiger partial charge in [0.05, 0.1) is 6.04 Å². The third kappa shape index (κ3) is 2.80. The standard InChI is InChI=1S/C7H16N2S/c1-10(2)9-7-4-3-5-8-6-7/h7-8H,3-6H2,1-2H3. The van der Waals surface area contributed by atoms with Crippen LogP contribution in [0.15, 0.2) is 4.36 Å². The molecule has 60 valence electrons. The third-order valence-corrected chi connectivity index (χ3v) is 2.35. The minimum absolute atomic E-state index is 0.272. The molecular weight excluding hydrogens is 144 g/mol. The summed E-state index contributed by atoms with van der Waals surface area (Å²) in [6.07, 6.45) is 6.94. The molecule has 1 aliphatic heterocycles. The zero-order valence-corrected chi connectivity index (χ0v) is 7.58. The van der Waals surface area contributed by atoms with E-state index in [4.69, 9.17) is 0 Å². The Morgan fingerprint density at radius 2 is 2.30 bits per heavy atom. The van der Waals surface area contributed by atoms with E-state index >= 15 is 0 Å². The summed E-state index contributed by atoms with van der Waals surface area (Å²) >= 11 is 0. The molecule has 0 aromatic carbocycles. The van der Waals surface area contributed by atoms with Gasteiger partial charge >= 0.3 is 0 Å². The highest BCUT2D eigenvalue weighted by Crippen LogP contribution is 2.05. The Morgan fingerprint density at radius 1 is 1.50 bits per heavy atom. The van der Waals surface area contributed by atoms with E-state index in [2.05, 4.69) is 22.2 Å². The van der Waals surface area contributed by atoms with Crippen molar-refractivity contribution in [2.24, 2.45) is 4.36 Å². The van der Waals surface area contributed by atoms with Gasteiger partial charge in [0.2, 0.25) is 0 Å². The topological polar surface area (TPSA) is 24.4 Å². The van der Waals surface area contributed by atoms with Gasteiger partial charge < -0.3 is 5.32 Å². The van der Waals surface area contributed by atoms with Gasteiger partial charge in [-0.25, -0.2) is 0 Å². The summed E-state index contributed by atoms with van der Waals surface area (Å²) in [5, 5.41) is 3.35. The lowest BCUT2D eigenvalue weighted by molar-refractivity contribution is 0.464. The Labute approximate surface area is 65.5 Å². The SMILES string of the molecule is CS(C)=NC1CCCNC1. The minimum Gasteiger partial charge on any atom is -0.315 e. The van der Waals surface area contributed by atoms with Crippen LogP contribution in [-0.2, 0) is 10.7 Å². The lowest BCUT2D eigenvalue weighted by Gasteiger charge is -2.19. The zero-order valence-electron chi connectivity index (χ0n) is 6.76. The van der Waals surface area contributed by atoms with Gasteiger partial charge in [0, 0.05) is 6.54 Å². The molecule has 0 radical (unpaired) electrons. The monoisotopic (exact) mass is 160 g/mol. The van der Waals surface area contributed by atoms with Crippen LogP contribution in [0.2, 0.25) is 0 Å². The fourth-order valence-corrected chi connectivity index (χ4v) is 2.00. The van der Waals surface area contributed by atoms with E-state index in [0.29, 0.717) is 6.04 Å². The van der Waals surface area contributed by atoms with Crippen molar-refractivity contribution in [3.63, 3.8) is 0 Å². The van der Waals surface area contributed by atoms with Crippen LogP contribution in [0.1, 0.15) is 12.8 Å². The van der Waals surface area contributed by atoms with Gasteiger partial charge in [0.25, 0.3) is 0 Å². The number of hydrogen-bond acceptors (Lipinski definition) is 2. The molecule has 0 amide bonds. The first-order valence-electron chi connectivity index (χ1n) is 3.78. The Morgan fingerprint density at radius 3 is 2.80 bits per heavy atom. The molecule has 0 aromatic rings. The second-order valence-corrected chi connectivity index (χ2v) is 4.64. The molecular formula is C7H16N2S. The lowest BCUT2D eigenvalue weighted by atomic mass is 10.1. The number of piperidine rings is 1. The van der Waals surface area contributed by atoms with Crippen molar-refractivity contribution < 1.29 is 0 Å². The van der Waals surface area contributed by atoms with Gasteiger partial charge in [-0.3, -0.25) is 4.36 Å². The quantitative estimate of drug-likeness (QED) is 0.603. The molecule has 1 N–H and O–H groups in total. The second kappa shape index (κ2) is 4.09. The fourth-order valence-electron chi connectivity index (χ4n) is 1.22. The summed E-state index contributed by atoms with van der Waals surface area (Å²) in [6.45, 7) is 2.29. The first-order chi connectivity index (χ1) is 4.79. The molecule has 10 heavy (non-hydrogen) atoms. The molecule has 1 heterocycles. The lowest BCUT2D eigenvalue weighted by Crippen LogP contribution is -2.32. The molecule has 0 aromatic heterocycles. The van der Waals surface area contributed by atoms with E-state index in [1.165, 1.54) is 19.4 Å². The molecule has 1 fully saturated rings. The van der Waals surface area contributed by atoms with Crippen LogP contribution in [0.5, 0.6) is 0 Å². The summed E-state index contributed by atoms with van der Waals surface area (Å²) < 4.78 is 4.60. The summed E-state index contributed by atoms with van der Waals surface area (Å²) in [5.74, 6) is 0. The first-order valence-corrected chi connectivity index (χ1v) is 5.78. The van der Waals surface area contributed by atoms with Crippen molar-refractivity contribution in [1.82, 2.24) is 5.32 Å². The van der Waals surface area contributed by atoms with Crippen LogP contribution in [0.3, 0.4) is 0 Å². The molecule has 2 nitrogen and oxygen atoms in total. The van der Waals surface area contributed by atoms with Crippen LogP contribution in [0.4, 0.5) is 0 Å². The molecule has 1 rings (SSSR count). The molecule has 1 saturated heterocycles. The maximum atomic E-state index is 4.60. The van der Waals surface area contributed by atoms with Crippen molar-refractivity contribution in [3.05, 3.63) is 0 Å². The van der Waals surface area contributed by atoms with Crippen LogP contribution in [-0.4, -0.2) is 31.6 Å². The first kappa shape index (κ1) is 8.21. The molecule has 1 aliphatic rings. The van der Waals surface area contributed by atoms with E-state index in [1.54, 1.807) is 0 Å². The molecule has 0 aliphatic carbocycles. The summed E-state index contributed by atoms with van der Waals surface area (Å²) in [6, 6.07) is 0.604. The third-order valence-electron chi connectivity index (χ3n) is 1.63. The maximum Gasteiger partial charge on any atom is 0.0692 e. The predicted molar refractivity (Wildman–Crippen MR) is 47.5 cm³/mol. The maximum absolute atomic E-state index is 4.60. The van der Waals surface area contributed by atoms with E-state index in [-0.39, 0.29) is 10.7 Å². The zero-order chi connectivity index (χ0) is 7.40. The van der Waals surface area contributed by atoms with Gasteiger partial charge in [0.1, 0.15) is 0 Å². The highest BCUT2D eigenvalue weighted by Gasteiger charge is 2.09. The average molecular weight is 160 g/mol. The predicted octanol–water partition coefficient (Wildman–Crippen LogP) is 0.800. The van der Waals surface area contributed by atoms with Gasteiger partial charge in [-0.2, -0.15) is 0 Å². The van der Waals surface area contributed by atoms with Crippen molar-refractivity contribution in [2.75, 3.05) is 25.6 Å². The highest BCUT2D eigenvalue weighted by molar-refractivity contribution is 7.85. The number of hydrogen-bond donors (Lipinski definition) is 1. The Balaban J connectivity index is 2.33. The normalized spacial score (nSPS) is 26.9. The second-order valence-electron chi connectivity index (χ2n) is 2.88. The van der Waals surface area contributed by atoms with Gasteiger partial charge in [-0.1, -0.05) is 0 Å². The number of nitrogens with zero attached hydrogens (tertiary/aromatic N) is 1. The molecule has 1 unspecified atom stereocenters. The van der Waals surface area contributed by atoms with Crippen LogP contribution in [0, 0.1) is 0 Å². The Hall–Kier alpha value is 0.110. The summed E-state index contributed by atoms with van der Waals surface area (Å²) in [7, 11) is 0.272. The van der Waals surface area contributed by atoms with Gasteiger partial charge in [0.15, 0.2) is 0 Å². The highest BCUT2D eigenvalue weighted by atomic mass is 32.2. The van der Waals surface area contributed by atoms with E-state index in [9.17, 15) is 0 Å². The van der Waals surface area contributed by atoms with E-state index < -0.39 is 0 Å². The molecule has 0 bridgehead atoms. The Kier molecular flexibility index (Phi) is 3.35. The number of nitrogens with one attached hydrogen (secondary N) is 1. The fraction of sp³-hybridized carbons (Fsp3) is 1.00. The molecule has 0 saturated carbocycles. The van der Waals surface area contributed by atoms with E-state index in [0.717, 1.165) is 6.54 Å². The largest absolute Gasteiger partial charge is 0.315 e. The van der Waals surface area contributed by atoms with Crippen molar-refractivity contribution in [1.29, 1.82) is 0 Å². The number of rotatable bonds is 1. The Bertz CT molecular complexity index is 124. The van der Waals surface area contributed by atoms with Gasteiger partial charge in [-0.15, -0.1) is 10.7 Å². The minimum atomic E-state index is 0.272. The molecule has 3 heteroatoms. The molecule has 0 spiro atoms. The van der Waals surface area contributed by atoms with Gasteiger partial charge in [-0.05, 0) is 31.9 Å². The summed E-state index contributed by atoms with van der Waals surface area (Å²) in [5.41, 5.74) is 0. The van der Waals surface area contributed by atoms with Crippen LogP contribution < -0.4 is 5.32 Å². The smallest absolute Gasteiger partial charge is 0.0692 e. The van der Waals surface area contributed by atoms with Crippen molar-refractivity contribution in [3.8, 4) is 0 Å². The van der Waals surface area contributed by atoms with Crippen molar-refractivity contribution >= 4 is 10.7 Å². The average Bonchev–Trinajstić information content (AvgIpc) is 1.88. The van der Waals surface area contributed by atoms with Crippen LogP contribution >= 0.6 is 0 Å². The van der Waals surface area contributed by atoms with Crippen LogP contribution in [0.25, 0.3) is 0 Å². The van der Waals surface area contributed by atoms with Crippen molar-refractivity contribution in [2.45, 2.75) is 18.9 Å². The molecule has 1 atom stereocenters. The summed E-state index contributed by atoms with van der Waals surface area (Å²) in [4.78, 5) is 0. The van der Waals surface area contributed by atoms with E-state index in [1.807, 2.05) is 0 Å².